The SMILES string of the molecule is Cc1cc(C(C)(C)c2ccc(OCC(O)CCl)cc2)ccc1OCC(O)CN(N)/C=C(\N)CO. The molecule has 0 fully saturated rings. The Morgan fingerprint density at radius 1 is 1.06 bits per heavy atom. The number of aliphatic hydroxyl groups is 3. The lowest BCUT2D eigenvalue weighted by Crippen LogP contribution is -2.37. The first-order valence-electron chi connectivity index (χ1n) is 11.0. The molecular weight excluding hydrogens is 458 g/mol. The summed E-state index contributed by atoms with van der Waals surface area (Å²) in [5.41, 5.74) is 8.63. The van der Waals surface area contributed by atoms with Crippen molar-refractivity contribution in [1.29, 1.82) is 0 Å². The Balaban J connectivity index is 2.01. The summed E-state index contributed by atoms with van der Waals surface area (Å²) in [5, 5.41) is 29.9. The van der Waals surface area contributed by atoms with Crippen LogP contribution in [-0.2, 0) is 5.41 Å². The zero-order valence-electron chi connectivity index (χ0n) is 19.9. The third-order valence-corrected chi connectivity index (χ3v) is 5.82. The number of hydrogen-bond acceptors (Lipinski definition) is 8. The summed E-state index contributed by atoms with van der Waals surface area (Å²) in [6.07, 6.45) is -0.166. The van der Waals surface area contributed by atoms with Gasteiger partial charge in [0.05, 0.1) is 24.7 Å². The number of halogens is 1. The van der Waals surface area contributed by atoms with Gasteiger partial charge in [0, 0.05) is 11.6 Å². The number of alkyl halides is 1. The summed E-state index contributed by atoms with van der Waals surface area (Å²) in [4.78, 5) is 0. The molecule has 34 heavy (non-hydrogen) atoms. The molecule has 2 unspecified atom stereocenters. The fourth-order valence-electron chi connectivity index (χ4n) is 3.36. The highest BCUT2D eigenvalue weighted by molar-refractivity contribution is 6.18. The molecule has 2 aromatic rings. The van der Waals surface area contributed by atoms with Crippen LogP contribution in [0.3, 0.4) is 0 Å². The van der Waals surface area contributed by atoms with E-state index in [0.717, 1.165) is 16.7 Å². The maximum absolute atomic E-state index is 10.2. The average molecular weight is 494 g/mol. The maximum atomic E-state index is 10.2. The molecule has 0 aromatic heterocycles. The van der Waals surface area contributed by atoms with Gasteiger partial charge in [-0.15, -0.1) is 11.6 Å². The maximum Gasteiger partial charge on any atom is 0.122 e. The van der Waals surface area contributed by atoms with Crippen LogP contribution in [0.1, 0.15) is 30.5 Å². The van der Waals surface area contributed by atoms with Crippen LogP contribution in [-0.4, -0.2) is 64.8 Å². The van der Waals surface area contributed by atoms with Crippen molar-refractivity contribution in [3.05, 3.63) is 71.1 Å². The monoisotopic (exact) mass is 493 g/mol. The van der Waals surface area contributed by atoms with Gasteiger partial charge in [0.2, 0.25) is 0 Å². The minimum absolute atomic E-state index is 0.0596. The van der Waals surface area contributed by atoms with E-state index in [9.17, 15) is 10.2 Å². The number of aliphatic hydroxyl groups excluding tert-OH is 3. The van der Waals surface area contributed by atoms with E-state index >= 15 is 0 Å². The standard InChI is InChI=1S/C25H36ClN3O5/c1-17-10-19(6-9-24(17)34-16-22(32)13-29(28)12-20(27)14-30)25(2,3)18-4-7-23(8-5-18)33-15-21(31)11-26/h4-10,12,21-22,30-32H,11,13-16,27-28H2,1-3H3/b20-12-. The lowest BCUT2D eigenvalue weighted by molar-refractivity contribution is 0.0812. The summed E-state index contributed by atoms with van der Waals surface area (Å²) in [7, 11) is 0. The van der Waals surface area contributed by atoms with Crippen LogP contribution < -0.4 is 21.1 Å². The van der Waals surface area contributed by atoms with Crippen LogP contribution in [0, 0.1) is 6.92 Å². The number of nitrogens with zero attached hydrogens (tertiary/aromatic N) is 1. The molecule has 0 aliphatic heterocycles. The molecule has 0 bridgehead atoms. The minimum atomic E-state index is -0.838. The van der Waals surface area contributed by atoms with E-state index in [-0.39, 0.29) is 43.4 Å². The van der Waals surface area contributed by atoms with Crippen LogP contribution in [0.2, 0.25) is 0 Å². The Hall–Kier alpha value is -2.49. The van der Waals surface area contributed by atoms with Crippen LogP contribution >= 0.6 is 11.6 Å². The third kappa shape index (κ3) is 8.07. The summed E-state index contributed by atoms with van der Waals surface area (Å²) in [5.74, 6) is 7.22. The molecule has 0 saturated carbocycles. The predicted octanol–water partition coefficient (Wildman–Crippen LogP) is 2.01. The number of benzene rings is 2. The van der Waals surface area contributed by atoms with Gasteiger partial charge in [-0.1, -0.05) is 38.1 Å². The van der Waals surface area contributed by atoms with Crippen molar-refractivity contribution >= 4 is 11.6 Å². The Bertz CT molecular complexity index is 937. The van der Waals surface area contributed by atoms with Gasteiger partial charge in [0.1, 0.15) is 36.9 Å². The third-order valence-electron chi connectivity index (χ3n) is 5.46. The number of nitrogens with two attached hydrogens (primary N) is 2. The first-order chi connectivity index (χ1) is 16.1. The van der Waals surface area contributed by atoms with E-state index in [1.807, 2.05) is 43.3 Å². The predicted molar refractivity (Wildman–Crippen MR) is 134 cm³/mol. The Labute approximate surface area is 206 Å². The van der Waals surface area contributed by atoms with Crippen molar-refractivity contribution < 1.29 is 24.8 Å². The van der Waals surface area contributed by atoms with Gasteiger partial charge in [-0.2, -0.15) is 0 Å². The van der Waals surface area contributed by atoms with Crippen molar-refractivity contribution in [2.45, 2.75) is 38.4 Å². The van der Waals surface area contributed by atoms with Gasteiger partial charge in [-0.25, -0.2) is 5.84 Å². The zero-order valence-corrected chi connectivity index (χ0v) is 20.7. The Morgan fingerprint density at radius 3 is 2.26 bits per heavy atom. The quantitative estimate of drug-likeness (QED) is 0.162. The van der Waals surface area contributed by atoms with Gasteiger partial charge in [0.15, 0.2) is 0 Å². The Kier molecular flexibility index (Phi) is 10.5. The van der Waals surface area contributed by atoms with Gasteiger partial charge in [-0.05, 0) is 41.8 Å². The van der Waals surface area contributed by atoms with E-state index in [1.165, 1.54) is 11.2 Å². The Morgan fingerprint density at radius 2 is 1.68 bits per heavy atom. The smallest absolute Gasteiger partial charge is 0.122 e. The molecule has 2 atom stereocenters. The van der Waals surface area contributed by atoms with E-state index < -0.39 is 12.2 Å². The first-order valence-corrected chi connectivity index (χ1v) is 11.6. The number of ether oxygens (including phenoxy) is 2. The highest BCUT2D eigenvalue weighted by atomic mass is 35.5. The van der Waals surface area contributed by atoms with Crippen LogP contribution in [0.4, 0.5) is 0 Å². The molecule has 0 aliphatic rings. The van der Waals surface area contributed by atoms with E-state index in [0.29, 0.717) is 11.5 Å². The number of hydrogen-bond donors (Lipinski definition) is 5. The van der Waals surface area contributed by atoms with Gasteiger partial charge < -0.3 is 35.5 Å². The molecule has 0 amide bonds. The summed E-state index contributed by atoms with van der Waals surface area (Å²) >= 11 is 5.60. The molecule has 7 N–H and O–H groups in total. The fraction of sp³-hybridized carbons (Fsp3) is 0.440. The molecule has 0 saturated heterocycles. The second-order valence-corrected chi connectivity index (χ2v) is 9.08. The number of hydrazine groups is 1. The van der Waals surface area contributed by atoms with E-state index in [4.69, 9.17) is 37.8 Å². The lowest BCUT2D eigenvalue weighted by atomic mass is 9.77. The molecule has 2 aromatic carbocycles. The molecule has 0 radical (unpaired) electrons. The molecule has 188 valence electrons. The van der Waals surface area contributed by atoms with Crippen LogP contribution in [0.15, 0.2) is 54.4 Å². The van der Waals surface area contributed by atoms with Gasteiger partial charge >= 0.3 is 0 Å². The first kappa shape index (κ1) is 27.8. The van der Waals surface area contributed by atoms with E-state index in [2.05, 4.69) is 19.9 Å². The number of aryl methyl sites for hydroxylation is 1. The summed E-state index contributed by atoms with van der Waals surface area (Å²) in [6.45, 7) is 6.25. The fourth-order valence-corrected chi connectivity index (χ4v) is 3.45. The molecule has 8 nitrogen and oxygen atoms in total. The second kappa shape index (κ2) is 12.8. The molecule has 0 heterocycles. The lowest BCUT2D eigenvalue weighted by Gasteiger charge is -2.27. The minimum Gasteiger partial charge on any atom is -0.491 e. The largest absolute Gasteiger partial charge is 0.491 e. The number of rotatable bonds is 13. The average Bonchev–Trinajstić information content (AvgIpc) is 2.81. The summed E-state index contributed by atoms with van der Waals surface area (Å²) < 4.78 is 11.4. The van der Waals surface area contributed by atoms with Crippen LogP contribution in [0.5, 0.6) is 11.5 Å². The highest BCUT2D eigenvalue weighted by Crippen LogP contribution is 2.34. The van der Waals surface area contributed by atoms with Crippen molar-refractivity contribution in [1.82, 2.24) is 5.01 Å². The van der Waals surface area contributed by atoms with Crippen molar-refractivity contribution in [3.63, 3.8) is 0 Å². The van der Waals surface area contributed by atoms with Gasteiger partial charge in [0.25, 0.3) is 0 Å². The van der Waals surface area contributed by atoms with Crippen molar-refractivity contribution in [2.75, 3.05) is 32.2 Å². The second-order valence-electron chi connectivity index (χ2n) is 8.77. The molecule has 0 aliphatic carbocycles. The van der Waals surface area contributed by atoms with Gasteiger partial charge in [-0.3, -0.25) is 0 Å². The summed E-state index contributed by atoms with van der Waals surface area (Å²) in [6, 6.07) is 13.8. The molecule has 0 spiro atoms. The molecular formula is C25H36ClN3O5. The molecule has 2 rings (SSSR count). The van der Waals surface area contributed by atoms with E-state index in [1.54, 1.807) is 0 Å². The highest BCUT2D eigenvalue weighted by Gasteiger charge is 2.24. The normalized spacial score (nSPS) is 13.9. The molecule has 9 heteroatoms. The van der Waals surface area contributed by atoms with Crippen LogP contribution in [0.25, 0.3) is 0 Å². The topological polar surface area (TPSA) is 134 Å². The zero-order chi connectivity index (χ0) is 25.3. The van der Waals surface area contributed by atoms with Crippen molar-refractivity contribution in [2.24, 2.45) is 11.6 Å². The van der Waals surface area contributed by atoms with Crippen molar-refractivity contribution in [3.8, 4) is 11.5 Å².